The lowest BCUT2D eigenvalue weighted by Crippen LogP contribution is -2.23. The summed E-state index contributed by atoms with van der Waals surface area (Å²) in [5.41, 5.74) is 1.33. The van der Waals surface area contributed by atoms with Gasteiger partial charge in [-0.1, -0.05) is 39.3 Å². The first-order valence-electron chi connectivity index (χ1n) is 8.24. The fourth-order valence-corrected chi connectivity index (χ4v) is 5.49. The van der Waals surface area contributed by atoms with Crippen LogP contribution in [0.5, 0.6) is 5.75 Å². The summed E-state index contributed by atoms with van der Waals surface area (Å²) in [6.45, 7) is 3.63. The Labute approximate surface area is 189 Å². The van der Waals surface area contributed by atoms with Crippen LogP contribution in [0.1, 0.15) is 18.1 Å². The number of carbonyl (C=O) groups excluding carboxylic acids is 1. The molecule has 0 saturated carbocycles. The van der Waals surface area contributed by atoms with Crippen molar-refractivity contribution >= 4 is 71.0 Å². The van der Waals surface area contributed by atoms with Gasteiger partial charge in [0.15, 0.2) is 10.9 Å². The zero-order valence-corrected chi connectivity index (χ0v) is 20.0. The van der Waals surface area contributed by atoms with Crippen LogP contribution in [0.3, 0.4) is 0 Å². The van der Waals surface area contributed by atoms with E-state index in [4.69, 9.17) is 4.18 Å². The van der Waals surface area contributed by atoms with Gasteiger partial charge in [-0.05, 0) is 60.1 Å². The van der Waals surface area contributed by atoms with Crippen LogP contribution >= 0.6 is 43.6 Å². The molecule has 0 spiro atoms. The van der Waals surface area contributed by atoms with Crippen molar-refractivity contribution in [3.8, 4) is 5.75 Å². The highest BCUT2D eigenvalue weighted by molar-refractivity contribution is 9.11. The van der Waals surface area contributed by atoms with Gasteiger partial charge in [0.1, 0.15) is 4.90 Å². The number of aryl methyl sites for hydroxylation is 1. The maximum Gasteiger partial charge on any atom is 0.340 e. The molecule has 1 aliphatic rings. The molecule has 11 heteroatoms. The summed E-state index contributed by atoms with van der Waals surface area (Å²) in [5.74, 6) is -0.0166. The van der Waals surface area contributed by atoms with Crippen molar-refractivity contribution in [3.05, 3.63) is 56.5 Å². The molecule has 1 atom stereocenters. The summed E-state index contributed by atoms with van der Waals surface area (Å²) in [7, 11) is -4.09. The van der Waals surface area contributed by atoms with E-state index >= 15 is 0 Å². The molecule has 0 aliphatic carbocycles. The average Bonchev–Trinajstić information content (AvgIpc) is 2.97. The van der Waals surface area contributed by atoms with Gasteiger partial charge in [-0.15, -0.1) is 5.10 Å². The van der Waals surface area contributed by atoms with Gasteiger partial charge in [0.05, 0.1) is 11.5 Å². The molecule has 0 bridgehead atoms. The van der Waals surface area contributed by atoms with E-state index in [-0.39, 0.29) is 21.8 Å². The molecule has 7 nitrogen and oxygen atoms in total. The third-order valence-electron chi connectivity index (χ3n) is 3.76. The van der Waals surface area contributed by atoms with E-state index < -0.39 is 10.1 Å². The molecule has 1 N–H and O–H groups in total. The molecular formula is C18H15Br2N3O4S2. The number of halogens is 2. The predicted molar refractivity (Wildman–Crippen MR) is 121 cm³/mol. The molecule has 0 aromatic heterocycles. The molecule has 1 heterocycles. The topological polar surface area (TPSA) is 97.2 Å². The number of nitrogens with zero attached hydrogens (tertiary/aromatic N) is 2. The van der Waals surface area contributed by atoms with E-state index in [9.17, 15) is 13.2 Å². The monoisotopic (exact) mass is 559 g/mol. The number of amides is 1. The van der Waals surface area contributed by atoms with E-state index in [1.807, 2.05) is 6.92 Å². The molecule has 3 rings (SSSR count). The standard InChI is InChI=1S/C18H15Br2N3O4S2/c1-10-3-6-15(27-29(25,26)16-8-13(19)4-5-14(16)20)12(7-10)9-21-23-18-22-17(24)11(2)28-18/h3-9,11H,1-2H3,(H,22,23,24). The second-order valence-corrected chi connectivity index (χ2v) is 10.7. The Balaban J connectivity index is 1.89. The molecule has 1 unspecified atom stereocenters. The second kappa shape index (κ2) is 8.99. The highest BCUT2D eigenvalue weighted by Crippen LogP contribution is 2.29. The largest absolute Gasteiger partial charge is 0.378 e. The minimum absolute atomic E-state index is 0.00497. The van der Waals surface area contributed by atoms with Gasteiger partial charge in [0, 0.05) is 14.5 Å². The lowest BCUT2D eigenvalue weighted by Gasteiger charge is -2.11. The van der Waals surface area contributed by atoms with E-state index in [0.717, 1.165) is 5.56 Å². The van der Waals surface area contributed by atoms with Gasteiger partial charge >= 0.3 is 10.1 Å². The summed E-state index contributed by atoms with van der Waals surface area (Å²) < 4.78 is 31.9. The van der Waals surface area contributed by atoms with E-state index in [2.05, 4.69) is 47.4 Å². The summed E-state index contributed by atoms with van der Waals surface area (Å²) in [6, 6.07) is 9.80. The van der Waals surface area contributed by atoms with Crippen LogP contribution < -0.4 is 9.50 Å². The van der Waals surface area contributed by atoms with Crippen molar-refractivity contribution in [2.24, 2.45) is 10.2 Å². The Morgan fingerprint density at radius 1 is 1.21 bits per heavy atom. The highest BCUT2D eigenvalue weighted by atomic mass is 79.9. The second-order valence-electron chi connectivity index (χ2n) is 6.05. The fraction of sp³-hybridized carbons (Fsp3) is 0.167. The van der Waals surface area contributed by atoms with Crippen molar-refractivity contribution in [1.82, 2.24) is 5.32 Å². The first-order valence-corrected chi connectivity index (χ1v) is 12.1. The molecule has 2 aromatic rings. The smallest absolute Gasteiger partial charge is 0.340 e. The number of benzene rings is 2. The van der Waals surface area contributed by atoms with Crippen LogP contribution in [0.25, 0.3) is 0 Å². The number of rotatable bonds is 5. The lowest BCUT2D eigenvalue weighted by molar-refractivity contribution is -0.118. The number of amidine groups is 1. The van der Waals surface area contributed by atoms with Crippen LogP contribution in [0.15, 0.2) is 60.4 Å². The van der Waals surface area contributed by atoms with Crippen LogP contribution in [0, 0.1) is 6.92 Å². The SMILES string of the molecule is Cc1ccc(OS(=O)(=O)c2cc(Br)ccc2Br)c(C=N/N=C2\NC(=O)C(C)S2)c1. The van der Waals surface area contributed by atoms with Crippen molar-refractivity contribution in [1.29, 1.82) is 0 Å². The number of hydrogen-bond donors (Lipinski definition) is 1. The van der Waals surface area contributed by atoms with Gasteiger partial charge < -0.3 is 9.50 Å². The van der Waals surface area contributed by atoms with Crippen molar-refractivity contribution in [2.75, 3.05) is 0 Å². The number of carbonyl (C=O) groups is 1. The van der Waals surface area contributed by atoms with Gasteiger partial charge in [0.25, 0.3) is 0 Å². The lowest BCUT2D eigenvalue weighted by atomic mass is 10.1. The van der Waals surface area contributed by atoms with Gasteiger partial charge in [-0.25, -0.2) is 0 Å². The third-order valence-corrected chi connectivity index (χ3v) is 7.46. The number of hydrogen-bond acceptors (Lipinski definition) is 7. The molecule has 1 saturated heterocycles. The summed E-state index contributed by atoms with van der Waals surface area (Å²) in [5, 5.41) is 10.7. The molecule has 2 aromatic carbocycles. The minimum atomic E-state index is -4.09. The maximum atomic E-state index is 12.8. The van der Waals surface area contributed by atoms with Gasteiger partial charge in [-0.2, -0.15) is 13.5 Å². The summed E-state index contributed by atoms with van der Waals surface area (Å²) in [4.78, 5) is 11.5. The summed E-state index contributed by atoms with van der Waals surface area (Å²) in [6.07, 6.45) is 1.39. The van der Waals surface area contributed by atoms with E-state index in [1.165, 1.54) is 24.0 Å². The minimum Gasteiger partial charge on any atom is -0.378 e. The van der Waals surface area contributed by atoms with Crippen molar-refractivity contribution in [3.63, 3.8) is 0 Å². The molecule has 152 valence electrons. The fourth-order valence-electron chi connectivity index (χ4n) is 2.33. The quantitative estimate of drug-likeness (QED) is 0.335. The zero-order valence-electron chi connectivity index (χ0n) is 15.2. The molecule has 1 fully saturated rings. The number of thioether (sulfide) groups is 1. The maximum absolute atomic E-state index is 12.8. The Bertz CT molecular complexity index is 1130. The Morgan fingerprint density at radius 3 is 2.66 bits per heavy atom. The predicted octanol–water partition coefficient (Wildman–Crippen LogP) is 4.23. The van der Waals surface area contributed by atoms with Crippen LogP contribution in [0.4, 0.5) is 0 Å². The average molecular weight is 561 g/mol. The van der Waals surface area contributed by atoms with Gasteiger partial charge in [0.2, 0.25) is 5.91 Å². The van der Waals surface area contributed by atoms with E-state index in [1.54, 1.807) is 37.3 Å². The molecule has 1 aliphatic heterocycles. The Kier molecular flexibility index (Phi) is 6.82. The zero-order chi connectivity index (χ0) is 21.2. The molecule has 1 amide bonds. The van der Waals surface area contributed by atoms with Crippen molar-refractivity contribution < 1.29 is 17.4 Å². The van der Waals surface area contributed by atoms with E-state index in [0.29, 0.717) is 19.7 Å². The molecular weight excluding hydrogens is 546 g/mol. The normalized spacial score (nSPS) is 18.4. The van der Waals surface area contributed by atoms with Crippen LogP contribution in [-0.4, -0.2) is 31.0 Å². The third kappa shape index (κ3) is 5.47. The van der Waals surface area contributed by atoms with Crippen LogP contribution in [0.2, 0.25) is 0 Å². The first kappa shape index (κ1) is 22.0. The Hall–Kier alpha value is -1.69. The highest BCUT2D eigenvalue weighted by Gasteiger charge is 2.26. The van der Waals surface area contributed by atoms with Crippen LogP contribution in [-0.2, 0) is 14.9 Å². The molecule has 0 radical (unpaired) electrons. The summed E-state index contributed by atoms with van der Waals surface area (Å²) >= 11 is 7.77. The van der Waals surface area contributed by atoms with Crippen molar-refractivity contribution in [2.45, 2.75) is 24.0 Å². The molecule has 29 heavy (non-hydrogen) atoms. The Morgan fingerprint density at radius 2 is 1.97 bits per heavy atom. The van der Waals surface area contributed by atoms with Gasteiger partial charge in [-0.3, -0.25) is 4.79 Å². The first-order chi connectivity index (χ1) is 13.7. The number of nitrogens with one attached hydrogen (secondary N) is 1.